The molecule has 0 aliphatic rings. The average molecular weight is 347 g/mol. The van der Waals surface area contributed by atoms with Crippen molar-refractivity contribution in [3.05, 3.63) is 50.9 Å². The largest absolute Gasteiger partial charge is 0.318 e. The minimum absolute atomic E-state index is 0.243. The second-order valence-corrected chi connectivity index (χ2v) is 4.91. The molecule has 0 bridgehead atoms. The Hall–Kier alpha value is -1.17. The highest BCUT2D eigenvalue weighted by atomic mass is 79.9. The molecule has 2 rings (SSSR count). The van der Waals surface area contributed by atoms with Crippen LogP contribution in [0.25, 0.3) is 0 Å². The van der Waals surface area contributed by atoms with Crippen LogP contribution in [0.1, 0.15) is 10.5 Å². The first-order chi connectivity index (χ1) is 8.59. The number of nitrogens with zero attached hydrogens (tertiary/aromatic N) is 2. The molecule has 0 spiro atoms. The molecule has 0 aromatic carbocycles. The maximum atomic E-state index is 12.0. The van der Waals surface area contributed by atoms with E-state index in [4.69, 9.17) is 23.2 Å². The van der Waals surface area contributed by atoms with E-state index in [9.17, 15) is 4.79 Å². The van der Waals surface area contributed by atoms with Crippen molar-refractivity contribution in [2.45, 2.75) is 0 Å². The van der Waals surface area contributed by atoms with E-state index in [0.717, 1.165) is 0 Å². The van der Waals surface area contributed by atoms with Crippen LogP contribution in [0.15, 0.2) is 35.2 Å². The molecule has 0 radical (unpaired) electrons. The van der Waals surface area contributed by atoms with E-state index >= 15 is 0 Å². The van der Waals surface area contributed by atoms with Gasteiger partial charge in [-0.25, -0.2) is 4.98 Å². The molecule has 0 fully saturated rings. The zero-order valence-corrected chi connectivity index (χ0v) is 11.9. The first-order valence-electron chi connectivity index (χ1n) is 4.80. The fraction of sp³-hybridized carbons (Fsp3) is 0. The summed E-state index contributed by atoms with van der Waals surface area (Å²) >= 11 is 15.0. The van der Waals surface area contributed by atoms with Crippen molar-refractivity contribution in [1.82, 2.24) is 9.97 Å². The van der Waals surface area contributed by atoms with Gasteiger partial charge in [-0.2, -0.15) is 0 Å². The summed E-state index contributed by atoms with van der Waals surface area (Å²) in [5, 5.41) is 3.11. The van der Waals surface area contributed by atoms with Crippen molar-refractivity contribution in [1.29, 1.82) is 0 Å². The standard InChI is InChI=1S/C11H6BrCl2N3O/c12-6-2-1-3-16-10(6)11(18)17-8-5-15-4-7(13)9(8)14/h1-5H,(H,17,18). The molecule has 0 aliphatic carbocycles. The van der Waals surface area contributed by atoms with Crippen molar-refractivity contribution < 1.29 is 4.79 Å². The summed E-state index contributed by atoms with van der Waals surface area (Å²) in [7, 11) is 0. The number of hydrogen-bond donors (Lipinski definition) is 1. The molecule has 2 aromatic heterocycles. The predicted octanol–water partition coefficient (Wildman–Crippen LogP) is 3.80. The van der Waals surface area contributed by atoms with Crippen LogP contribution < -0.4 is 5.32 Å². The van der Waals surface area contributed by atoms with Crippen molar-refractivity contribution in [3.8, 4) is 0 Å². The normalized spacial score (nSPS) is 10.2. The maximum Gasteiger partial charge on any atom is 0.275 e. The summed E-state index contributed by atoms with van der Waals surface area (Å²) in [6, 6.07) is 3.44. The zero-order chi connectivity index (χ0) is 13.1. The first-order valence-corrected chi connectivity index (χ1v) is 6.35. The predicted molar refractivity (Wildman–Crippen MR) is 74.1 cm³/mol. The third-order valence-corrected chi connectivity index (χ3v) is 3.49. The highest BCUT2D eigenvalue weighted by Crippen LogP contribution is 2.28. The van der Waals surface area contributed by atoms with Crippen molar-refractivity contribution in [3.63, 3.8) is 0 Å². The number of rotatable bonds is 2. The lowest BCUT2D eigenvalue weighted by atomic mass is 10.3. The van der Waals surface area contributed by atoms with Gasteiger partial charge in [0.15, 0.2) is 0 Å². The van der Waals surface area contributed by atoms with Gasteiger partial charge >= 0.3 is 0 Å². The SMILES string of the molecule is O=C(Nc1cncc(Cl)c1Cl)c1ncccc1Br. The van der Waals surface area contributed by atoms with Crippen LogP contribution in [0.4, 0.5) is 5.69 Å². The summed E-state index contributed by atoms with van der Waals surface area (Å²) in [6.07, 6.45) is 4.34. The monoisotopic (exact) mass is 345 g/mol. The minimum Gasteiger partial charge on any atom is -0.318 e. The van der Waals surface area contributed by atoms with Crippen LogP contribution in [-0.4, -0.2) is 15.9 Å². The topological polar surface area (TPSA) is 54.9 Å². The first kappa shape index (κ1) is 13.3. The molecule has 18 heavy (non-hydrogen) atoms. The zero-order valence-electron chi connectivity index (χ0n) is 8.82. The number of aromatic nitrogens is 2. The van der Waals surface area contributed by atoms with Crippen molar-refractivity contribution in [2.75, 3.05) is 5.32 Å². The second-order valence-electron chi connectivity index (χ2n) is 3.27. The number of pyridine rings is 2. The Bertz CT molecular complexity index is 607. The quantitative estimate of drug-likeness (QED) is 0.899. The van der Waals surface area contributed by atoms with Crippen LogP contribution in [0.5, 0.6) is 0 Å². The van der Waals surface area contributed by atoms with E-state index in [1.54, 1.807) is 12.1 Å². The Morgan fingerprint density at radius 1 is 1.33 bits per heavy atom. The van der Waals surface area contributed by atoms with Crippen LogP contribution >= 0.6 is 39.1 Å². The number of carbonyl (C=O) groups is 1. The van der Waals surface area contributed by atoms with Gasteiger partial charge in [-0.05, 0) is 28.1 Å². The Labute approximate surface area is 121 Å². The smallest absolute Gasteiger partial charge is 0.275 e. The van der Waals surface area contributed by atoms with Crippen LogP contribution in [0.2, 0.25) is 10.0 Å². The molecule has 1 amide bonds. The summed E-state index contributed by atoms with van der Waals surface area (Å²) in [5.74, 6) is -0.395. The van der Waals surface area contributed by atoms with Gasteiger partial charge in [0.2, 0.25) is 0 Å². The molecule has 92 valence electrons. The average Bonchev–Trinajstić information content (AvgIpc) is 2.35. The Balaban J connectivity index is 2.27. The maximum absolute atomic E-state index is 12.0. The second kappa shape index (κ2) is 5.65. The molecule has 2 heterocycles. The fourth-order valence-electron chi connectivity index (χ4n) is 1.24. The van der Waals surface area contributed by atoms with E-state index < -0.39 is 5.91 Å². The van der Waals surface area contributed by atoms with E-state index in [-0.39, 0.29) is 15.7 Å². The molecule has 0 atom stereocenters. The number of hydrogen-bond acceptors (Lipinski definition) is 3. The van der Waals surface area contributed by atoms with Crippen LogP contribution in [0, 0.1) is 0 Å². The summed E-state index contributed by atoms with van der Waals surface area (Å²) < 4.78 is 0.591. The van der Waals surface area contributed by atoms with E-state index in [1.807, 2.05) is 0 Å². The molecule has 4 nitrogen and oxygen atoms in total. The molecule has 0 saturated heterocycles. The highest BCUT2D eigenvalue weighted by Gasteiger charge is 2.14. The third kappa shape index (κ3) is 2.80. The van der Waals surface area contributed by atoms with Gasteiger partial charge in [0.1, 0.15) is 5.69 Å². The summed E-state index contributed by atoms with van der Waals surface area (Å²) in [6.45, 7) is 0. The molecule has 0 unspecified atom stereocenters. The lowest BCUT2D eigenvalue weighted by Crippen LogP contribution is -2.14. The number of halogens is 3. The van der Waals surface area contributed by atoms with Crippen LogP contribution in [-0.2, 0) is 0 Å². The molecule has 1 N–H and O–H groups in total. The van der Waals surface area contributed by atoms with Gasteiger partial charge in [0.25, 0.3) is 5.91 Å². The minimum atomic E-state index is -0.395. The van der Waals surface area contributed by atoms with Crippen LogP contribution in [0.3, 0.4) is 0 Å². The molecule has 0 saturated carbocycles. The Morgan fingerprint density at radius 2 is 2.11 bits per heavy atom. The van der Waals surface area contributed by atoms with E-state index in [0.29, 0.717) is 10.2 Å². The summed E-state index contributed by atoms with van der Waals surface area (Å²) in [5.41, 5.74) is 0.597. The third-order valence-electron chi connectivity index (χ3n) is 2.06. The lowest BCUT2D eigenvalue weighted by molar-refractivity contribution is 0.102. The van der Waals surface area contributed by atoms with Gasteiger partial charge in [-0.15, -0.1) is 0 Å². The molecule has 2 aromatic rings. The molecular weight excluding hydrogens is 341 g/mol. The van der Waals surface area contributed by atoms with E-state index in [2.05, 4.69) is 31.2 Å². The Morgan fingerprint density at radius 3 is 2.83 bits per heavy atom. The molecule has 0 aliphatic heterocycles. The molecule has 7 heteroatoms. The van der Waals surface area contributed by atoms with Crippen molar-refractivity contribution >= 4 is 50.7 Å². The lowest BCUT2D eigenvalue weighted by Gasteiger charge is -2.07. The van der Waals surface area contributed by atoms with Gasteiger partial charge in [-0.3, -0.25) is 9.78 Å². The number of carbonyl (C=O) groups excluding carboxylic acids is 1. The van der Waals surface area contributed by atoms with Gasteiger partial charge in [0.05, 0.1) is 21.9 Å². The van der Waals surface area contributed by atoms with Gasteiger partial charge < -0.3 is 5.32 Å². The van der Waals surface area contributed by atoms with E-state index in [1.165, 1.54) is 18.6 Å². The summed E-state index contributed by atoms with van der Waals surface area (Å²) in [4.78, 5) is 19.8. The number of anilines is 1. The fourth-order valence-corrected chi connectivity index (χ4v) is 1.98. The van der Waals surface area contributed by atoms with Gasteiger partial charge in [0, 0.05) is 16.9 Å². The highest BCUT2D eigenvalue weighted by molar-refractivity contribution is 9.10. The van der Waals surface area contributed by atoms with Gasteiger partial charge in [-0.1, -0.05) is 23.2 Å². The molecular formula is C11H6BrCl2N3O. The number of amides is 1. The number of nitrogens with one attached hydrogen (secondary N) is 1. The Kier molecular flexibility index (Phi) is 4.16. The van der Waals surface area contributed by atoms with Crippen molar-refractivity contribution in [2.24, 2.45) is 0 Å².